The molecule has 0 atom stereocenters. The normalized spacial score (nSPS) is 10.9. The van der Waals surface area contributed by atoms with E-state index in [1.54, 1.807) is 32.9 Å². The summed E-state index contributed by atoms with van der Waals surface area (Å²) in [6.07, 6.45) is 1.89. The second kappa shape index (κ2) is 8.38. The van der Waals surface area contributed by atoms with E-state index in [1.165, 1.54) is 0 Å². The molecule has 6 nitrogen and oxygen atoms in total. The Morgan fingerprint density at radius 2 is 1.86 bits per heavy atom. The standard InChI is InChI=1S/C16H24N2O4/c1-4-21-15(20)16(2,3)22-13-10-8-12(9-11-13)6-5-7-14(19)18-17/h8-11H,4-7,17H2,1-3H3,(H,18,19). The van der Waals surface area contributed by atoms with Gasteiger partial charge in [0.2, 0.25) is 5.91 Å². The largest absolute Gasteiger partial charge is 0.476 e. The molecule has 0 unspecified atom stereocenters. The lowest BCUT2D eigenvalue weighted by Gasteiger charge is -2.24. The van der Waals surface area contributed by atoms with Crippen molar-refractivity contribution in [3.05, 3.63) is 29.8 Å². The molecule has 1 aromatic rings. The van der Waals surface area contributed by atoms with E-state index in [-0.39, 0.29) is 5.91 Å². The van der Waals surface area contributed by atoms with E-state index in [0.29, 0.717) is 18.8 Å². The van der Waals surface area contributed by atoms with Crippen LogP contribution in [0.2, 0.25) is 0 Å². The van der Waals surface area contributed by atoms with E-state index < -0.39 is 11.6 Å². The zero-order valence-electron chi connectivity index (χ0n) is 13.3. The Labute approximate surface area is 130 Å². The molecule has 0 heterocycles. The van der Waals surface area contributed by atoms with Crippen LogP contribution >= 0.6 is 0 Å². The molecule has 3 N–H and O–H groups in total. The summed E-state index contributed by atoms with van der Waals surface area (Å²) in [7, 11) is 0. The Balaban J connectivity index is 2.54. The molecule has 0 aromatic heterocycles. The number of carbonyl (C=O) groups is 2. The van der Waals surface area contributed by atoms with Crippen molar-refractivity contribution in [2.24, 2.45) is 5.84 Å². The first-order chi connectivity index (χ1) is 10.4. The van der Waals surface area contributed by atoms with Crippen LogP contribution in [0.1, 0.15) is 39.2 Å². The number of esters is 1. The number of hydrazine groups is 1. The number of nitrogens with one attached hydrogen (secondary N) is 1. The summed E-state index contributed by atoms with van der Waals surface area (Å²) < 4.78 is 10.7. The van der Waals surface area contributed by atoms with Crippen LogP contribution in [-0.4, -0.2) is 24.1 Å². The Morgan fingerprint density at radius 3 is 2.41 bits per heavy atom. The van der Waals surface area contributed by atoms with Crippen LogP contribution in [0.15, 0.2) is 24.3 Å². The predicted molar refractivity (Wildman–Crippen MR) is 83.1 cm³/mol. The number of amides is 1. The predicted octanol–water partition coefficient (Wildman–Crippen LogP) is 1.72. The lowest BCUT2D eigenvalue weighted by Crippen LogP contribution is -2.39. The summed E-state index contributed by atoms with van der Waals surface area (Å²) in [6, 6.07) is 7.44. The molecule has 0 radical (unpaired) electrons. The van der Waals surface area contributed by atoms with Crippen molar-refractivity contribution in [3.8, 4) is 5.75 Å². The molecule has 6 heteroatoms. The quantitative estimate of drug-likeness (QED) is 0.330. The highest BCUT2D eigenvalue weighted by molar-refractivity contribution is 5.79. The average Bonchev–Trinajstić information content (AvgIpc) is 2.48. The van der Waals surface area contributed by atoms with Crippen molar-refractivity contribution in [1.82, 2.24) is 5.43 Å². The first-order valence-corrected chi connectivity index (χ1v) is 7.33. The molecule has 0 saturated heterocycles. The molecule has 0 aliphatic rings. The third-order valence-corrected chi connectivity index (χ3v) is 3.09. The van der Waals surface area contributed by atoms with E-state index >= 15 is 0 Å². The zero-order valence-corrected chi connectivity index (χ0v) is 13.3. The maximum atomic E-state index is 11.8. The highest BCUT2D eigenvalue weighted by Gasteiger charge is 2.31. The number of benzene rings is 1. The molecular formula is C16H24N2O4. The van der Waals surface area contributed by atoms with Crippen molar-refractivity contribution >= 4 is 11.9 Å². The molecule has 1 rings (SSSR count). The van der Waals surface area contributed by atoms with Gasteiger partial charge in [0.15, 0.2) is 5.60 Å². The molecule has 0 saturated carbocycles. The van der Waals surface area contributed by atoms with Gasteiger partial charge in [-0.25, -0.2) is 10.6 Å². The van der Waals surface area contributed by atoms with Crippen LogP contribution in [0, 0.1) is 0 Å². The van der Waals surface area contributed by atoms with Crippen molar-refractivity contribution in [2.45, 2.75) is 45.6 Å². The van der Waals surface area contributed by atoms with Gasteiger partial charge in [-0.3, -0.25) is 10.2 Å². The minimum Gasteiger partial charge on any atom is -0.476 e. The number of hydrogen-bond donors (Lipinski definition) is 2. The van der Waals surface area contributed by atoms with E-state index in [2.05, 4.69) is 5.43 Å². The molecule has 1 amide bonds. The summed E-state index contributed by atoms with van der Waals surface area (Å²) in [6.45, 7) is 5.42. The lowest BCUT2D eigenvalue weighted by molar-refractivity contribution is -0.158. The molecule has 0 aliphatic heterocycles. The van der Waals surface area contributed by atoms with E-state index in [0.717, 1.165) is 18.4 Å². The molecule has 122 valence electrons. The number of ether oxygens (including phenoxy) is 2. The number of carbonyl (C=O) groups excluding carboxylic acids is 2. The van der Waals surface area contributed by atoms with Crippen LogP contribution in [-0.2, 0) is 20.7 Å². The molecule has 0 bridgehead atoms. The van der Waals surface area contributed by atoms with Gasteiger partial charge in [0.25, 0.3) is 0 Å². The third-order valence-electron chi connectivity index (χ3n) is 3.09. The van der Waals surface area contributed by atoms with Gasteiger partial charge in [-0.1, -0.05) is 12.1 Å². The van der Waals surface area contributed by atoms with E-state index in [1.807, 2.05) is 12.1 Å². The number of hydrogen-bond acceptors (Lipinski definition) is 5. The molecule has 1 aromatic carbocycles. The van der Waals surface area contributed by atoms with Gasteiger partial charge < -0.3 is 9.47 Å². The first-order valence-electron chi connectivity index (χ1n) is 7.33. The molecule has 0 fully saturated rings. The Bertz CT molecular complexity index is 497. The van der Waals surface area contributed by atoms with E-state index in [4.69, 9.17) is 15.3 Å². The topological polar surface area (TPSA) is 90.6 Å². The zero-order chi connectivity index (χ0) is 16.6. The smallest absolute Gasteiger partial charge is 0.349 e. The van der Waals surface area contributed by atoms with Crippen molar-refractivity contribution in [3.63, 3.8) is 0 Å². The van der Waals surface area contributed by atoms with Gasteiger partial charge in [-0.2, -0.15) is 0 Å². The highest BCUT2D eigenvalue weighted by atomic mass is 16.6. The lowest BCUT2D eigenvalue weighted by atomic mass is 10.1. The van der Waals surface area contributed by atoms with Crippen molar-refractivity contribution in [1.29, 1.82) is 0 Å². The summed E-state index contributed by atoms with van der Waals surface area (Å²) >= 11 is 0. The van der Waals surface area contributed by atoms with Gasteiger partial charge in [-0.15, -0.1) is 0 Å². The summed E-state index contributed by atoms with van der Waals surface area (Å²) in [5, 5.41) is 0. The van der Waals surface area contributed by atoms with Crippen molar-refractivity contribution in [2.75, 3.05) is 6.61 Å². The number of rotatable bonds is 8. The fourth-order valence-corrected chi connectivity index (χ4v) is 1.89. The minimum absolute atomic E-state index is 0.170. The Hall–Kier alpha value is -2.08. The number of aryl methyl sites for hydroxylation is 1. The van der Waals surface area contributed by atoms with Gasteiger partial charge >= 0.3 is 5.97 Å². The molecule has 0 aliphatic carbocycles. The molecule has 0 spiro atoms. The SMILES string of the molecule is CCOC(=O)C(C)(C)Oc1ccc(CCCC(=O)NN)cc1. The van der Waals surface area contributed by atoms with Crippen LogP contribution < -0.4 is 16.0 Å². The van der Waals surface area contributed by atoms with Gasteiger partial charge in [-0.05, 0) is 51.3 Å². The minimum atomic E-state index is -1.03. The second-order valence-electron chi connectivity index (χ2n) is 5.40. The monoisotopic (exact) mass is 308 g/mol. The second-order valence-corrected chi connectivity index (χ2v) is 5.40. The highest BCUT2D eigenvalue weighted by Crippen LogP contribution is 2.20. The average molecular weight is 308 g/mol. The van der Waals surface area contributed by atoms with Gasteiger partial charge in [0.05, 0.1) is 6.61 Å². The van der Waals surface area contributed by atoms with Crippen molar-refractivity contribution < 1.29 is 19.1 Å². The first kappa shape index (κ1) is 18.0. The fraction of sp³-hybridized carbons (Fsp3) is 0.500. The fourth-order valence-electron chi connectivity index (χ4n) is 1.89. The Morgan fingerprint density at radius 1 is 1.23 bits per heavy atom. The maximum Gasteiger partial charge on any atom is 0.349 e. The number of nitrogens with two attached hydrogens (primary N) is 1. The summed E-state index contributed by atoms with van der Waals surface area (Å²) in [4.78, 5) is 22.8. The van der Waals surface area contributed by atoms with Gasteiger partial charge in [0, 0.05) is 6.42 Å². The van der Waals surface area contributed by atoms with Crippen LogP contribution in [0.25, 0.3) is 0 Å². The summed E-state index contributed by atoms with van der Waals surface area (Å²) in [5.41, 5.74) is 2.16. The molecular weight excluding hydrogens is 284 g/mol. The molecule has 22 heavy (non-hydrogen) atoms. The Kier molecular flexibility index (Phi) is 6.85. The van der Waals surface area contributed by atoms with Crippen LogP contribution in [0.5, 0.6) is 5.75 Å². The van der Waals surface area contributed by atoms with Crippen LogP contribution in [0.4, 0.5) is 0 Å². The summed E-state index contributed by atoms with van der Waals surface area (Å²) in [5.74, 6) is 5.05. The third kappa shape index (κ3) is 5.73. The van der Waals surface area contributed by atoms with E-state index in [9.17, 15) is 9.59 Å². The van der Waals surface area contributed by atoms with Gasteiger partial charge in [0.1, 0.15) is 5.75 Å². The van der Waals surface area contributed by atoms with Crippen LogP contribution in [0.3, 0.4) is 0 Å². The maximum absolute atomic E-state index is 11.8.